The summed E-state index contributed by atoms with van der Waals surface area (Å²) in [5, 5.41) is 6.79. The van der Waals surface area contributed by atoms with Gasteiger partial charge in [0.15, 0.2) is 17.5 Å². The summed E-state index contributed by atoms with van der Waals surface area (Å²) in [7, 11) is 3.31. The summed E-state index contributed by atoms with van der Waals surface area (Å²) in [6, 6.07) is 16.6. The molecule has 0 aliphatic heterocycles. The van der Waals surface area contributed by atoms with E-state index in [9.17, 15) is 0 Å². The van der Waals surface area contributed by atoms with Crippen LogP contribution in [0.5, 0.6) is 11.5 Å². The second-order valence-electron chi connectivity index (χ2n) is 6.33. The summed E-state index contributed by atoms with van der Waals surface area (Å²) < 4.78 is 10.7. The molecule has 0 radical (unpaired) electrons. The van der Waals surface area contributed by atoms with Gasteiger partial charge in [-0.1, -0.05) is 36.4 Å². The van der Waals surface area contributed by atoms with Crippen LogP contribution in [0.2, 0.25) is 0 Å². The lowest BCUT2D eigenvalue weighted by atomic mass is 10.1. The van der Waals surface area contributed by atoms with E-state index in [1.807, 2.05) is 18.2 Å². The van der Waals surface area contributed by atoms with Gasteiger partial charge in [-0.05, 0) is 49.9 Å². The van der Waals surface area contributed by atoms with Crippen LogP contribution >= 0.6 is 0 Å². The number of hydrogen-bond acceptors (Lipinski definition) is 3. The van der Waals surface area contributed by atoms with E-state index in [0.717, 1.165) is 43.4 Å². The van der Waals surface area contributed by atoms with Crippen LogP contribution in [0.1, 0.15) is 37.4 Å². The number of nitrogens with one attached hydrogen (secondary N) is 2. The number of guanidine groups is 1. The van der Waals surface area contributed by atoms with Crippen LogP contribution < -0.4 is 20.1 Å². The Morgan fingerprint density at radius 2 is 1.78 bits per heavy atom. The highest BCUT2D eigenvalue weighted by atomic mass is 16.5. The molecule has 0 aliphatic rings. The normalized spacial score (nSPS) is 12.4. The van der Waals surface area contributed by atoms with Crippen LogP contribution in [-0.4, -0.2) is 33.3 Å². The highest BCUT2D eigenvalue weighted by Gasteiger charge is 2.07. The Morgan fingerprint density at radius 1 is 1.04 bits per heavy atom. The summed E-state index contributed by atoms with van der Waals surface area (Å²) in [5.41, 5.74) is 2.46. The Morgan fingerprint density at radius 3 is 2.44 bits per heavy atom. The highest BCUT2D eigenvalue weighted by molar-refractivity contribution is 5.80. The Labute approximate surface area is 162 Å². The summed E-state index contributed by atoms with van der Waals surface area (Å²) in [4.78, 5) is 4.71. The predicted octanol–water partition coefficient (Wildman–Crippen LogP) is 3.95. The van der Waals surface area contributed by atoms with Crippen molar-refractivity contribution in [3.63, 3.8) is 0 Å². The molecule has 1 atom stereocenters. The van der Waals surface area contributed by atoms with Gasteiger partial charge in [-0.3, -0.25) is 4.99 Å². The van der Waals surface area contributed by atoms with Crippen LogP contribution in [0, 0.1) is 0 Å². The number of benzene rings is 2. The maximum absolute atomic E-state index is 5.37. The molecule has 2 aromatic rings. The molecule has 0 heterocycles. The molecule has 0 bridgehead atoms. The standard InChI is InChI=1S/C22H31N3O2/c1-5-23-22(25-17(2)19-11-7-6-8-12-19)24-15-9-10-18-13-14-20(26-3)21(16-18)27-4/h6-8,11-14,16-17H,5,9-10,15H2,1-4H3,(H2,23,24,25). The van der Waals surface area contributed by atoms with Gasteiger partial charge in [-0.25, -0.2) is 0 Å². The van der Waals surface area contributed by atoms with Gasteiger partial charge < -0.3 is 20.1 Å². The summed E-state index contributed by atoms with van der Waals surface area (Å²) in [5.74, 6) is 2.37. The van der Waals surface area contributed by atoms with Crippen LogP contribution in [0.25, 0.3) is 0 Å². The summed E-state index contributed by atoms with van der Waals surface area (Å²) in [6.07, 6.45) is 1.91. The lowest BCUT2D eigenvalue weighted by Crippen LogP contribution is -2.38. The molecule has 5 nitrogen and oxygen atoms in total. The van der Waals surface area contributed by atoms with E-state index in [-0.39, 0.29) is 6.04 Å². The quantitative estimate of drug-likeness (QED) is 0.399. The highest BCUT2D eigenvalue weighted by Crippen LogP contribution is 2.27. The lowest BCUT2D eigenvalue weighted by molar-refractivity contribution is 0.354. The molecule has 146 valence electrons. The molecule has 2 rings (SSSR count). The zero-order valence-electron chi connectivity index (χ0n) is 16.8. The third-order valence-corrected chi connectivity index (χ3v) is 4.34. The Hall–Kier alpha value is -2.69. The van der Waals surface area contributed by atoms with Gasteiger partial charge in [0.1, 0.15) is 0 Å². The molecule has 1 unspecified atom stereocenters. The zero-order chi connectivity index (χ0) is 19.5. The van der Waals surface area contributed by atoms with E-state index < -0.39 is 0 Å². The third kappa shape index (κ3) is 6.51. The number of methoxy groups -OCH3 is 2. The second-order valence-corrected chi connectivity index (χ2v) is 6.33. The molecule has 5 heteroatoms. The second kappa shape index (κ2) is 11.1. The SMILES string of the molecule is CCNC(=NCCCc1ccc(OC)c(OC)c1)NC(C)c1ccccc1. The van der Waals surface area contributed by atoms with Crippen molar-refractivity contribution in [2.24, 2.45) is 4.99 Å². The van der Waals surface area contributed by atoms with Crippen LogP contribution in [0.3, 0.4) is 0 Å². The predicted molar refractivity (Wildman–Crippen MR) is 112 cm³/mol. The summed E-state index contributed by atoms with van der Waals surface area (Å²) in [6.45, 7) is 5.81. The van der Waals surface area contributed by atoms with Crippen molar-refractivity contribution >= 4 is 5.96 Å². The molecule has 0 amide bonds. The fourth-order valence-electron chi connectivity index (χ4n) is 2.86. The maximum Gasteiger partial charge on any atom is 0.191 e. The van der Waals surface area contributed by atoms with Crippen molar-refractivity contribution in [1.82, 2.24) is 10.6 Å². The zero-order valence-corrected chi connectivity index (χ0v) is 16.8. The Bertz CT molecular complexity index is 717. The number of rotatable bonds is 9. The molecule has 0 saturated carbocycles. The molecule has 0 aliphatic carbocycles. The average molecular weight is 370 g/mol. The molecule has 2 N–H and O–H groups in total. The van der Waals surface area contributed by atoms with E-state index in [1.165, 1.54) is 11.1 Å². The smallest absolute Gasteiger partial charge is 0.191 e. The van der Waals surface area contributed by atoms with Crippen LogP contribution in [-0.2, 0) is 6.42 Å². The van der Waals surface area contributed by atoms with Crippen molar-refractivity contribution in [2.75, 3.05) is 27.3 Å². The minimum Gasteiger partial charge on any atom is -0.493 e. The first-order chi connectivity index (χ1) is 13.2. The van der Waals surface area contributed by atoms with Gasteiger partial charge in [0.25, 0.3) is 0 Å². The van der Waals surface area contributed by atoms with E-state index in [4.69, 9.17) is 14.5 Å². The molecule has 0 aromatic heterocycles. The van der Waals surface area contributed by atoms with Crippen LogP contribution in [0.4, 0.5) is 0 Å². The number of aryl methyl sites for hydroxylation is 1. The Balaban J connectivity index is 1.89. The first kappa shape index (κ1) is 20.6. The average Bonchev–Trinajstić information content (AvgIpc) is 2.71. The van der Waals surface area contributed by atoms with E-state index in [1.54, 1.807) is 14.2 Å². The van der Waals surface area contributed by atoms with Crippen molar-refractivity contribution in [3.8, 4) is 11.5 Å². The fourth-order valence-corrected chi connectivity index (χ4v) is 2.86. The van der Waals surface area contributed by atoms with Crippen LogP contribution in [0.15, 0.2) is 53.5 Å². The third-order valence-electron chi connectivity index (χ3n) is 4.34. The van der Waals surface area contributed by atoms with Crippen molar-refractivity contribution in [2.45, 2.75) is 32.7 Å². The van der Waals surface area contributed by atoms with Crippen molar-refractivity contribution in [3.05, 3.63) is 59.7 Å². The van der Waals surface area contributed by atoms with Crippen molar-refractivity contribution < 1.29 is 9.47 Å². The number of hydrogen-bond donors (Lipinski definition) is 2. The largest absolute Gasteiger partial charge is 0.493 e. The first-order valence-electron chi connectivity index (χ1n) is 9.48. The molecule has 0 spiro atoms. The van der Waals surface area contributed by atoms with E-state index in [0.29, 0.717) is 0 Å². The number of aliphatic imine (C=N–C) groups is 1. The lowest BCUT2D eigenvalue weighted by Gasteiger charge is -2.18. The number of ether oxygens (including phenoxy) is 2. The molecular formula is C22H31N3O2. The summed E-state index contributed by atoms with van der Waals surface area (Å²) >= 11 is 0. The minimum atomic E-state index is 0.204. The van der Waals surface area contributed by atoms with Gasteiger partial charge in [-0.15, -0.1) is 0 Å². The molecule has 27 heavy (non-hydrogen) atoms. The minimum absolute atomic E-state index is 0.204. The van der Waals surface area contributed by atoms with Gasteiger partial charge in [0, 0.05) is 13.1 Å². The first-order valence-corrected chi connectivity index (χ1v) is 9.48. The van der Waals surface area contributed by atoms with Gasteiger partial charge in [0.05, 0.1) is 20.3 Å². The van der Waals surface area contributed by atoms with E-state index >= 15 is 0 Å². The molecule has 0 fully saturated rings. The molecular weight excluding hydrogens is 338 g/mol. The van der Waals surface area contributed by atoms with Gasteiger partial charge >= 0.3 is 0 Å². The topological polar surface area (TPSA) is 54.9 Å². The monoisotopic (exact) mass is 369 g/mol. The molecule has 2 aromatic carbocycles. The fraction of sp³-hybridized carbons (Fsp3) is 0.409. The van der Waals surface area contributed by atoms with Crippen molar-refractivity contribution in [1.29, 1.82) is 0 Å². The molecule has 0 saturated heterocycles. The maximum atomic E-state index is 5.37. The van der Waals surface area contributed by atoms with Gasteiger partial charge in [0.2, 0.25) is 0 Å². The Kier molecular flexibility index (Phi) is 8.49. The van der Waals surface area contributed by atoms with E-state index in [2.05, 4.69) is 54.8 Å². The number of nitrogens with zero attached hydrogens (tertiary/aromatic N) is 1. The van der Waals surface area contributed by atoms with Gasteiger partial charge in [-0.2, -0.15) is 0 Å².